The summed E-state index contributed by atoms with van der Waals surface area (Å²) >= 11 is 0. The highest BCUT2D eigenvalue weighted by molar-refractivity contribution is 6.32. The van der Waals surface area contributed by atoms with E-state index in [1.54, 1.807) is 7.11 Å². The predicted molar refractivity (Wildman–Crippen MR) is 99.4 cm³/mol. The van der Waals surface area contributed by atoms with Crippen LogP contribution >= 0.6 is 0 Å². The van der Waals surface area contributed by atoms with E-state index in [2.05, 4.69) is 5.32 Å². The number of rotatable bonds is 2. The summed E-state index contributed by atoms with van der Waals surface area (Å²) in [6, 6.07) is 5.30. The van der Waals surface area contributed by atoms with Crippen molar-refractivity contribution in [3.05, 3.63) is 29.3 Å². The van der Waals surface area contributed by atoms with Crippen molar-refractivity contribution in [2.24, 2.45) is 5.41 Å². The molecule has 6 heteroatoms. The zero-order chi connectivity index (χ0) is 18.7. The maximum Gasteiger partial charge on any atom is 0.325 e. The lowest BCUT2D eigenvalue weighted by molar-refractivity contribution is -0.139. The van der Waals surface area contributed by atoms with Gasteiger partial charge in [-0.15, -0.1) is 0 Å². The van der Waals surface area contributed by atoms with Crippen molar-refractivity contribution in [3.63, 3.8) is 0 Å². The summed E-state index contributed by atoms with van der Waals surface area (Å²) in [6.45, 7) is 3.75. The Morgan fingerprint density at radius 2 is 1.96 bits per heavy atom. The number of nitrogens with one attached hydrogen (secondary N) is 1. The minimum absolute atomic E-state index is 0.127. The van der Waals surface area contributed by atoms with Crippen molar-refractivity contribution in [1.82, 2.24) is 10.2 Å². The number of methoxy groups -OCH3 is 1. The number of urea groups is 1. The molecule has 2 spiro atoms. The molecule has 1 saturated heterocycles. The summed E-state index contributed by atoms with van der Waals surface area (Å²) in [7, 11) is 7.80. The maximum atomic E-state index is 13.7. The van der Waals surface area contributed by atoms with E-state index in [9.17, 15) is 9.59 Å². The molecule has 136 valence electrons. The van der Waals surface area contributed by atoms with Gasteiger partial charge in [-0.05, 0) is 57.1 Å². The molecule has 2 radical (unpaired) electrons. The van der Waals surface area contributed by atoms with Gasteiger partial charge in [0, 0.05) is 18.6 Å². The van der Waals surface area contributed by atoms with E-state index in [1.165, 1.54) is 4.90 Å². The van der Waals surface area contributed by atoms with Gasteiger partial charge in [0.15, 0.2) is 5.54 Å². The third-order valence-corrected chi connectivity index (χ3v) is 6.65. The van der Waals surface area contributed by atoms with E-state index in [4.69, 9.17) is 12.6 Å². The zero-order valence-corrected chi connectivity index (χ0v) is 15.7. The minimum atomic E-state index is -1.00. The first kappa shape index (κ1) is 17.6. The Morgan fingerprint density at radius 3 is 2.54 bits per heavy atom. The van der Waals surface area contributed by atoms with E-state index < -0.39 is 5.54 Å². The van der Waals surface area contributed by atoms with Crippen LogP contribution in [0.1, 0.15) is 50.7 Å². The first-order valence-corrected chi connectivity index (χ1v) is 9.42. The highest BCUT2D eigenvalue weighted by Crippen LogP contribution is 2.59. The van der Waals surface area contributed by atoms with Crippen molar-refractivity contribution in [1.29, 1.82) is 0 Å². The minimum Gasteiger partial charge on any atom is -0.381 e. The van der Waals surface area contributed by atoms with Gasteiger partial charge in [-0.3, -0.25) is 9.69 Å². The number of carbonyl (C=O) groups excluding carboxylic acids is 2. The topological polar surface area (TPSA) is 58.6 Å². The molecule has 0 aromatic heterocycles. The Labute approximate surface area is 155 Å². The quantitative estimate of drug-likeness (QED) is 0.652. The van der Waals surface area contributed by atoms with Crippen molar-refractivity contribution in [2.45, 2.75) is 63.6 Å². The zero-order valence-electron chi connectivity index (χ0n) is 15.7. The van der Waals surface area contributed by atoms with Gasteiger partial charge in [0.05, 0.1) is 6.10 Å². The number of carbonyl (C=O) groups is 2. The number of fused-ring (bicyclic) bond motifs is 3. The highest BCUT2D eigenvalue weighted by Gasteiger charge is 2.68. The normalized spacial score (nSPS) is 33.4. The Bertz CT molecular complexity index is 770. The molecule has 2 fully saturated rings. The number of ether oxygens (including phenoxy) is 1. The van der Waals surface area contributed by atoms with Crippen LogP contribution in [0.3, 0.4) is 0 Å². The molecule has 1 N–H and O–H groups in total. The van der Waals surface area contributed by atoms with Crippen LogP contribution in [0.25, 0.3) is 0 Å². The molecule has 26 heavy (non-hydrogen) atoms. The predicted octanol–water partition coefficient (Wildman–Crippen LogP) is 1.77. The molecule has 3 amide bonds. The third kappa shape index (κ3) is 2.14. The molecule has 1 saturated carbocycles. The summed E-state index contributed by atoms with van der Waals surface area (Å²) in [6.07, 6.45) is 4.49. The van der Waals surface area contributed by atoms with E-state index in [0.29, 0.717) is 5.46 Å². The second-order valence-corrected chi connectivity index (χ2v) is 8.26. The fraction of sp³-hybridized carbons (Fsp3) is 0.600. The Balaban J connectivity index is 1.87. The molecule has 1 unspecified atom stereocenters. The second-order valence-electron chi connectivity index (χ2n) is 8.26. The molecule has 1 atom stereocenters. The van der Waals surface area contributed by atoms with Crippen LogP contribution in [0.4, 0.5) is 4.79 Å². The van der Waals surface area contributed by atoms with Crippen LogP contribution in [0.15, 0.2) is 18.2 Å². The smallest absolute Gasteiger partial charge is 0.325 e. The van der Waals surface area contributed by atoms with Crippen molar-refractivity contribution >= 4 is 25.2 Å². The van der Waals surface area contributed by atoms with E-state index in [1.807, 2.05) is 32.0 Å². The van der Waals surface area contributed by atoms with Crippen LogP contribution in [0.2, 0.25) is 0 Å². The first-order chi connectivity index (χ1) is 12.3. The Hall–Kier alpha value is -1.82. The lowest BCUT2D eigenvalue weighted by Gasteiger charge is -2.46. The number of hydrogen-bond acceptors (Lipinski definition) is 3. The molecule has 1 aliphatic heterocycles. The molecule has 2 aliphatic carbocycles. The van der Waals surface area contributed by atoms with Crippen molar-refractivity contribution < 1.29 is 14.3 Å². The average Bonchev–Trinajstić information content (AvgIpc) is 3.02. The van der Waals surface area contributed by atoms with Gasteiger partial charge >= 0.3 is 6.03 Å². The van der Waals surface area contributed by atoms with Gasteiger partial charge in [-0.25, -0.2) is 4.79 Å². The Kier molecular flexibility index (Phi) is 3.95. The maximum absolute atomic E-state index is 13.7. The summed E-state index contributed by atoms with van der Waals surface area (Å²) in [5.41, 5.74) is 1.31. The van der Waals surface area contributed by atoms with Gasteiger partial charge < -0.3 is 10.1 Å². The number of amides is 3. The van der Waals surface area contributed by atoms with Gasteiger partial charge in [0.25, 0.3) is 5.91 Å². The highest BCUT2D eigenvalue weighted by atomic mass is 16.5. The van der Waals surface area contributed by atoms with Gasteiger partial charge in [-0.2, -0.15) is 0 Å². The fourth-order valence-electron chi connectivity index (χ4n) is 5.37. The molecule has 5 nitrogen and oxygen atoms in total. The van der Waals surface area contributed by atoms with E-state index in [-0.39, 0.29) is 29.5 Å². The summed E-state index contributed by atoms with van der Waals surface area (Å²) in [4.78, 5) is 27.8. The lowest BCUT2D eigenvalue weighted by Crippen LogP contribution is -2.57. The van der Waals surface area contributed by atoms with Crippen molar-refractivity contribution in [3.8, 4) is 0 Å². The monoisotopic (exact) mass is 352 g/mol. The van der Waals surface area contributed by atoms with E-state index in [0.717, 1.165) is 43.2 Å². The van der Waals surface area contributed by atoms with E-state index >= 15 is 0 Å². The molecule has 1 aromatic carbocycles. The molecule has 1 aromatic rings. The number of imide groups is 1. The van der Waals surface area contributed by atoms with Gasteiger partial charge in [0.2, 0.25) is 0 Å². The number of benzene rings is 1. The second kappa shape index (κ2) is 5.84. The fourth-order valence-corrected chi connectivity index (χ4v) is 5.37. The largest absolute Gasteiger partial charge is 0.381 e. The molecule has 3 aliphatic rings. The Morgan fingerprint density at radius 1 is 1.27 bits per heavy atom. The first-order valence-electron chi connectivity index (χ1n) is 9.42. The number of nitrogens with zero attached hydrogens (tertiary/aromatic N) is 1. The van der Waals surface area contributed by atoms with Crippen LogP contribution in [-0.2, 0) is 21.5 Å². The molecular weight excluding hydrogens is 327 g/mol. The standard InChI is InChI=1S/C20H25BN2O3/c1-12(2)23-17(24)20(22-18(23)25)16-10-14(21)5-4-13(16)11-19(20)8-6-15(26-3)7-9-19/h4-5,10,12,15H,6-9,11H2,1-3H3,(H,22,25). The summed E-state index contributed by atoms with van der Waals surface area (Å²) in [5, 5.41) is 3.13. The van der Waals surface area contributed by atoms with Crippen molar-refractivity contribution in [2.75, 3.05) is 7.11 Å². The SMILES string of the molecule is [B]c1ccc2c(c1)C1(NC(=O)N(C(C)C)C1=O)C1(CCC(OC)CC1)C2. The summed E-state index contributed by atoms with van der Waals surface area (Å²) < 4.78 is 5.55. The molecule has 4 rings (SSSR count). The van der Waals surface area contributed by atoms with Crippen LogP contribution in [-0.4, -0.2) is 43.9 Å². The molecular formula is C20H25BN2O3. The van der Waals surface area contributed by atoms with Gasteiger partial charge in [-0.1, -0.05) is 23.7 Å². The van der Waals surface area contributed by atoms with Crippen LogP contribution in [0, 0.1) is 5.41 Å². The molecule has 1 heterocycles. The third-order valence-electron chi connectivity index (χ3n) is 6.65. The van der Waals surface area contributed by atoms with Crippen LogP contribution < -0.4 is 10.8 Å². The molecule has 0 bridgehead atoms. The lowest BCUT2D eigenvalue weighted by atomic mass is 9.61. The number of hydrogen-bond donors (Lipinski definition) is 1. The van der Waals surface area contributed by atoms with Gasteiger partial charge in [0.1, 0.15) is 7.85 Å². The van der Waals surface area contributed by atoms with Crippen LogP contribution in [0.5, 0.6) is 0 Å². The summed E-state index contributed by atoms with van der Waals surface area (Å²) in [5.74, 6) is -0.127. The average molecular weight is 352 g/mol.